The van der Waals surface area contributed by atoms with E-state index in [0.29, 0.717) is 17.5 Å². The van der Waals surface area contributed by atoms with Gasteiger partial charge in [-0.05, 0) is 70.4 Å². The minimum atomic E-state index is 0.594. The largest absolute Gasteiger partial charge is 0.456 e. The molecule has 52 heavy (non-hydrogen) atoms. The van der Waals surface area contributed by atoms with Crippen molar-refractivity contribution >= 4 is 65.6 Å². The van der Waals surface area contributed by atoms with E-state index in [9.17, 15) is 0 Å². The molecule has 6 heteroatoms. The predicted octanol–water partition coefficient (Wildman–Crippen LogP) is 12.0. The predicted molar refractivity (Wildman–Crippen MR) is 209 cm³/mol. The number of furan rings is 2. The van der Waals surface area contributed by atoms with Crippen LogP contribution in [0.4, 0.5) is 0 Å². The maximum absolute atomic E-state index is 6.49. The fraction of sp³-hybridized carbons (Fsp3) is 0. The van der Waals surface area contributed by atoms with Gasteiger partial charge in [-0.3, -0.25) is 4.98 Å². The van der Waals surface area contributed by atoms with Crippen molar-refractivity contribution in [2.45, 2.75) is 0 Å². The standard InChI is InChI=1S/C46H26N4O2/c1-2-10-27(11-3-1)44-48-45(50-46(49-44)36-16-8-19-39-42(36)34-13-4-5-18-38(34)51-39)29-21-22-30-28(26-29)12-6-14-31(30)32-15-7-20-40-41(32)35-23-24-37-33(43(35)52-40)17-9-25-47-37/h1-26H. The molecule has 0 bridgehead atoms. The summed E-state index contributed by atoms with van der Waals surface area (Å²) in [4.78, 5) is 19.8. The van der Waals surface area contributed by atoms with Gasteiger partial charge in [0.2, 0.25) is 0 Å². The summed E-state index contributed by atoms with van der Waals surface area (Å²) in [7, 11) is 0. The number of aromatic nitrogens is 4. The topological polar surface area (TPSA) is 77.8 Å². The molecule has 0 radical (unpaired) electrons. The van der Waals surface area contributed by atoms with Crippen molar-refractivity contribution in [2.24, 2.45) is 0 Å². The van der Waals surface area contributed by atoms with E-state index in [0.717, 1.165) is 93.4 Å². The highest BCUT2D eigenvalue weighted by Crippen LogP contribution is 2.42. The van der Waals surface area contributed by atoms with Crippen molar-refractivity contribution in [3.05, 3.63) is 158 Å². The van der Waals surface area contributed by atoms with Gasteiger partial charge in [0.05, 0.1) is 5.52 Å². The van der Waals surface area contributed by atoms with Crippen LogP contribution in [0.15, 0.2) is 167 Å². The zero-order chi connectivity index (χ0) is 34.2. The van der Waals surface area contributed by atoms with Crippen LogP contribution >= 0.6 is 0 Å². The van der Waals surface area contributed by atoms with Crippen molar-refractivity contribution in [1.82, 2.24) is 19.9 Å². The molecule has 0 spiro atoms. The first-order valence-electron chi connectivity index (χ1n) is 17.2. The molecule has 0 saturated carbocycles. The second-order valence-electron chi connectivity index (χ2n) is 13.0. The first-order valence-corrected chi connectivity index (χ1v) is 17.2. The van der Waals surface area contributed by atoms with E-state index in [4.69, 9.17) is 23.8 Å². The number of para-hydroxylation sites is 1. The first-order chi connectivity index (χ1) is 25.8. The first kappa shape index (κ1) is 28.6. The summed E-state index contributed by atoms with van der Waals surface area (Å²) < 4.78 is 12.7. The van der Waals surface area contributed by atoms with Crippen LogP contribution in [0.25, 0.3) is 111 Å². The van der Waals surface area contributed by atoms with E-state index >= 15 is 0 Å². The van der Waals surface area contributed by atoms with Crippen molar-refractivity contribution in [3.8, 4) is 45.3 Å². The van der Waals surface area contributed by atoms with E-state index < -0.39 is 0 Å². The molecule has 4 aromatic heterocycles. The Morgan fingerprint density at radius 3 is 1.96 bits per heavy atom. The average molecular weight is 667 g/mol. The molecule has 0 aliphatic carbocycles. The minimum absolute atomic E-state index is 0.594. The Morgan fingerprint density at radius 1 is 0.385 bits per heavy atom. The van der Waals surface area contributed by atoms with Crippen molar-refractivity contribution in [3.63, 3.8) is 0 Å². The van der Waals surface area contributed by atoms with Gasteiger partial charge in [-0.15, -0.1) is 0 Å². The summed E-state index contributed by atoms with van der Waals surface area (Å²) in [6, 6.07) is 51.6. The van der Waals surface area contributed by atoms with Crippen molar-refractivity contribution < 1.29 is 8.83 Å². The van der Waals surface area contributed by atoms with Gasteiger partial charge in [-0.1, -0.05) is 103 Å². The minimum Gasteiger partial charge on any atom is -0.456 e. The van der Waals surface area contributed by atoms with Crippen LogP contribution in [0.2, 0.25) is 0 Å². The van der Waals surface area contributed by atoms with Crippen molar-refractivity contribution in [1.29, 1.82) is 0 Å². The maximum Gasteiger partial charge on any atom is 0.164 e. The van der Waals surface area contributed by atoms with Gasteiger partial charge < -0.3 is 8.83 Å². The molecule has 0 unspecified atom stereocenters. The summed E-state index contributed by atoms with van der Waals surface area (Å²) in [5.41, 5.74) is 9.22. The number of rotatable bonds is 4. The van der Waals surface area contributed by atoms with E-state index in [-0.39, 0.29) is 0 Å². The Morgan fingerprint density at radius 2 is 1.06 bits per heavy atom. The molecule has 0 aliphatic heterocycles. The molecule has 0 saturated heterocycles. The number of benzene rings is 7. The van der Waals surface area contributed by atoms with Gasteiger partial charge in [0.15, 0.2) is 17.5 Å². The summed E-state index contributed by atoms with van der Waals surface area (Å²) in [6.45, 7) is 0. The third-order valence-electron chi connectivity index (χ3n) is 9.98. The Labute approximate surface area is 296 Å². The van der Waals surface area contributed by atoms with E-state index in [2.05, 4.69) is 83.8 Å². The third kappa shape index (κ3) is 4.38. The summed E-state index contributed by atoms with van der Waals surface area (Å²) in [5, 5.41) is 7.40. The highest BCUT2D eigenvalue weighted by Gasteiger charge is 2.19. The lowest BCUT2D eigenvalue weighted by Gasteiger charge is -2.12. The van der Waals surface area contributed by atoms with Crippen molar-refractivity contribution in [2.75, 3.05) is 0 Å². The molecule has 0 aliphatic rings. The third-order valence-corrected chi connectivity index (χ3v) is 9.98. The monoisotopic (exact) mass is 666 g/mol. The number of hydrogen-bond donors (Lipinski definition) is 0. The molecule has 0 fully saturated rings. The van der Waals surface area contributed by atoms with Crippen LogP contribution in [0.3, 0.4) is 0 Å². The van der Waals surface area contributed by atoms with Crippen LogP contribution in [0.1, 0.15) is 0 Å². The summed E-state index contributed by atoms with van der Waals surface area (Å²) in [6.07, 6.45) is 1.81. The maximum atomic E-state index is 6.49. The molecule has 11 rings (SSSR count). The van der Waals surface area contributed by atoms with Crippen LogP contribution in [-0.2, 0) is 0 Å². The molecular weight excluding hydrogens is 641 g/mol. The van der Waals surface area contributed by atoms with Gasteiger partial charge in [0.25, 0.3) is 0 Å². The highest BCUT2D eigenvalue weighted by atomic mass is 16.3. The molecule has 0 N–H and O–H groups in total. The lowest BCUT2D eigenvalue weighted by Crippen LogP contribution is -2.00. The number of pyridine rings is 1. The second kappa shape index (κ2) is 11.2. The van der Waals surface area contributed by atoms with Gasteiger partial charge in [-0.25, -0.2) is 15.0 Å². The van der Waals surface area contributed by atoms with Crippen LogP contribution in [0, 0.1) is 0 Å². The normalized spacial score (nSPS) is 11.8. The zero-order valence-corrected chi connectivity index (χ0v) is 27.6. The molecule has 0 atom stereocenters. The molecular formula is C46H26N4O2. The van der Waals surface area contributed by atoms with Gasteiger partial charge in [0.1, 0.15) is 22.3 Å². The fourth-order valence-corrected chi connectivity index (χ4v) is 7.62. The second-order valence-corrected chi connectivity index (χ2v) is 13.0. The number of hydrogen-bond acceptors (Lipinski definition) is 6. The molecule has 4 heterocycles. The zero-order valence-electron chi connectivity index (χ0n) is 27.6. The van der Waals surface area contributed by atoms with E-state index in [1.807, 2.05) is 79.0 Å². The highest BCUT2D eigenvalue weighted by molar-refractivity contribution is 6.20. The Kier molecular flexibility index (Phi) is 6.15. The number of fused-ring (bicyclic) bond motifs is 9. The smallest absolute Gasteiger partial charge is 0.164 e. The molecule has 242 valence electrons. The van der Waals surface area contributed by atoms with E-state index in [1.165, 1.54) is 0 Å². The van der Waals surface area contributed by atoms with Gasteiger partial charge in [-0.2, -0.15) is 0 Å². The van der Waals surface area contributed by atoms with Crippen LogP contribution < -0.4 is 0 Å². The Hall–Kier alpha value is -7.18. The SMILES string of the molecule is c1ccc(-c2nc(-c3ccc4c(-c5cccc6oc7c8cccnc8ccc7c56)cccc4c3)nc(-c3cccc4oc5ccccc5c34)n2)cc1. The Bertz CT molecular complexity index is 3200. The molecule has 6 nitrogen and oxygen atoms in total. The van der Waals surface area contributed by atoms with Gasteiger partial charge in [0, 0.05) is 49.8 Å². The molecule has 11 aromatic rings. The fourth-order valence-electron chi connectivity index (χ4n) is 7.62. The lowest BCUT2D eigenvalue weighted by molar-refractivity contribution is 0.669. The van der Waals surface area contributed by atoms with Gasteiger partial charge >= 0.3 is 0 Å². The van der Waals surface area contributed by atoms with Crippen LogP contribution in [-0.4, -0.2) is 19.9 Å². The average Bonchev–Trinajstić information content (AvgIpc) is 3.80. The van der Waals surface area contributed by atoms with Crippen LogP contribution in [0.5, 0.6) is 0 Å². The quantitative estimate of drug-likeness (QED) is 0.186. The molecule has 7 aromatic carbocycles. The Balaban J connectivity index is 1.10. The summed E-state index contributed by atoms with van der Waals surface area (Å²) >= 11 is 0. The van der Waals surface area contributed by atoms with E-state index in [1.54, 1.807) is 0 Å². The molecule has 0 amide bonds. The number of nitrogens with zero attached hydrogens (tertiary/aromatic N) is 4. The summed E-state index contributed by atoms with van der Waals surface area (Å²) in [5.74, 6) is 1.81. The lowest BCUT2D eigenvalue weighted by atomic mass is 9.93.